The van der Waals surface area contributed by atoms with Crippen LogP contribution < -0.4 is 15.4 Å². The monoisotopic (exact) mass is 406 g/mol. The molecule has 0 fully saturated rings. The van der Waals surface area contributed by atoms with E-state index >= 15 is 0 Å². The van der Waals surface area contributed by atoms with Gasteiger partial charge in [0.25, 0.3) is 5.91 Å². The summed E-state index contributed by atoms with van der Waals surface area (Å²) in [5.41, 5.74) is 2.31. The Morgan fingerprint density at radius 3 is 2.13 bits per heavy atom. The van der Waals surface area contributed by atoms with Crippen molar-refractivity contribution in [3.8, 4) is 5.75 Å². The first-order valence-electron chi connectivity index (χ1n) is 9.66. The zero-order chi connectivity index (χ0) is 21.2. The van der Waals surface area contributed by atoms with Gasteiger partial charge in [-0.15, -0.1) is 0 Å². The van der Waals surface area contributed by atoms with Crippen molar-refractivity contribution in [2.75, 3.05) is 13.1 Å². The highest BCUT2D eigenvalue weighted by atomic mass is 19.1. The Hall–Kier alpha value is -3.67. The maximum absolute atomic E-state index is 12.9. The summed E-state index contributed by atoms with van der Waals surface area (Å²) in [6.45, 7) is 1.08. The molecule has 30 heavy (non-hydrogen) atoms. The molecule has 0 aliphatic carbocycles. The predicted molar refractivity (Wildman–Crippen MR) is 113 cm³/mol. The van der Waals surface area contributed by atoms with E-state index in [1.165, 1.54) is 12.1 Å². The first-order chi connectivity index (χ1) is 14.6. The number of carbonyl (C=O) groups excluding carboxylic acids is 2. The van der Waals surface area contributed by atoms with Gasteiger partial charge in [0.05, 0.1) is 6.42 Å². The summed E-state index contributed by atoms with van der Waals surface area (Å²) in [6.07, 6.45) is 0.165. The van der Waals surface area contributed by atoms with Gasteiger partial charge in [-0.05, 0) is 47.5 Å². The van der Waals surface area contributed by atoms with E-state index in [0.717, 1.165) is 11.1 Å². The predicted octanol–water partition coefficient (Wildman–Crippen LogP) is 3.49. The number of carbonyl (C=O) groups is 2. The van der Waals surface area contributed by atoms with E-state index < -0.39 is 0 Å². The quantitative estimate of drug-likeness (QED) is 0.535. The van der Waals surface area contributed by atoms with E-state index in [9.17, 15) is 14.0 Å². The van der Waals surface area contributed by atoms with E-state index in [2.05, 4.69) is 10.6 Å². The number of ether oxygens (including phenoxy) is 1. The van der Waals surface area contributed by atoms with Crippen LogP contribution in [0.15, 0.2) is 78.9 Å². The summed E-state index contributed by atoms with van der Waals surface area (Å²) in [7, 11) is 0. The molecule has 0 heterocycles. The number of halogens is 1. The number of benzene rings is 3. The van der Waals surface area contributed by atoms with E-state index in [0.29, 0.717) is 31.0 Å². The normalized spacial score (nSPS) is 10.3. The first kappa shape index (κ1) is 21.0. The lowest BCUT2D eigenvalue weighted by atomic mass is 10.1. The van der Waals surface area contributed by atoms with Gasteiger partial charge in [0.15, 0.2) is 0 Å². The Balaban J connectivity index is 1.36. The van der Waals surface area contributed by atoms with E-state index in [1.807, 2.05) is 30.3 Å². The largest absolute Gasteiger partial charge is 0.489 e. The number of hydrogen-bond donors (Lipinski definition) is 2. The summed E-state index contributed by atoms with van der Waals surface area (Å²) < 4.78 is 18.6. The molecule has 3 aromatic rings. The third kappa shape index (κ3) is 6.74. The van der Waals surface area contributed by atoms with Crippen LogP contribution in [0.25, 0.3) is 0 Å². The topological polar surface area (TPSA) is 67.4 Å². The minimum atomic E-state index is -0.335. The molecule has 0 aromatic heterocycles. The maximum atomic E-state index is 12.9. The van der Waals surface area contributed by atoms with Crippen molar-refractivity contribution in [3.63, 3.8) is 0 Å². The van der Waals surface area contributed by atoms with Crippen LogP contribution in [-0.2, 0) is 17.8 Å². The summed E-state index contributed by atoms with van der Waals surface area (Å²) in [6, 6.07) is 22.5. The molecule has 0 bridgehead atoms. The first-order valence-corrected chi connectivity index (χ1v) is 9.66. The van der Waals surface area contributed by atoms with Crippen LogP contribution in [-0.4, -0.2) is 24.9 Å². The SMILES string of the molecule is O=C(Cc1ccc(F)cc1)NCCNC(=O)c1ccc(OCc2ccccc2)cc1. The molecule has 2 amide bonds. The number of nitrogens with one attached hydrogen (secondary N) is 2. The van der Waals surface area contributed by atoms with E-state index in [1.54, 1.807) is 36.4 Å². The molecule has 6 heteroatoms. The minimum absolute atomic E-state index is 0.165. The van der Waals surface area contributed by atoms with Gasteiger partial charge >= 0.3 is 0 Å². The van der Waals surface area contributed by atoms with Crippen LogP contribution >= 0.6 is 0 Å². The van der Waals surface area contributed by atoms with Crippen molar-refractivity contribution in [2.45, 2.75) is 13.0 Å². The van der Waals surface area contributed by atoms with Crippen molar-refractivity contribution in [3.05, 3.63) is 101 Å². The molecule has 3 rings (SSSR count). The van der Waals surface area contributed by atoms with Crippen LogP contribution in [0.5, 0.6) is 5.75 Å². The molecule has 5 nitrogen and oxygen atoms in total. The Morgan fingerprint density at radius 2 is 1.43 bits per heavy atom. The Labute approximate surface area is 174 Å². The van der Waals surface area contributed by atoms with Crippen LogP contribution in [0, 0.1) is 5.82 Å². The summed E-state index contributed by atoms with van der Waals surface area (Å²) >= 11 is 0. The second-order valence-electron chi connectivity index (χ2n) is 6.71. The molecule has 0 radical (unpaired) electrons. The lowest BCUT2D eigenvalue weighted by molar-refractivity contribution is -0.120. The molecule has 0 spiro atoms. The molecular formula is C24H23FN2O3. The molecule has 0 unspecified atom stereocenters. The van der Waals surface area contributed by atoms with Crippen molar-refractivity contribution in [1.29, 1.82) is 0 Å². The molecule has 0 aliphatic rings. The van der Waals surface area contributed by atoms with Crippen LogP contribution in [0.1, 0.15) is 21.5 Å². The highest BCUT2D eigenvalue weighted by Crippen LogP contribution is 2.14. The molecular weight excluding hydrogens is 383 g/mol. The van der Waals surface area contributed by atoms with Gasteiger partial charge in [0, 0.05) is 18.7 Å². The van der Waals surface area contributed by atoms with Crippen molar-refractivity contribution >= 4 is 11.8 Å². The second-order valence-corrected chi connectivity index (χ2v) is 6.71. The van der Waals surface area contributed by atoms with Crippen molar-refractivity contribution in [1.82, 2.24) is 10.6 Å². The molecule has 2 N–H and O–H groups in total. The average Bonchev–Trinajstić information content (AvgIpc) is 2.78. The summed E-state index contributed by atoms with van der Waals surface area (Å²) in [4.78, 5) is 24.1. The van der Waals surface area contributed by atoms with Gasteiger partial charge in [-0.2, -0.15) is 0 Å². The van der Waals surface area contributed by atoms with Gasteiger partial charge in [-0.3, -0.25) is 9.59 Å². The van der Waals surface area contributed by atoms with E-state index in [4.69, 9.17) is 4.74 Å². The fourth-order valence-electron chi connectivity index (χ4n) is 2.77. The minimum Gasteiger partial charge on any atom is -0.489 e. The molecule has 0 aliphatic heterocycles. The fourth-order valence-corrected chi connectivity index (χ4v) is 2.77. The van der Waals surface area contributed by atoms with Crippen LogP contribution in [0.2, 0.25) is 0 Å². The Bertz CT molecular complexity index is 958. The lowest BCUT2D eigenvalue weighted by Crippen LogP contribution is -2.35. The van der Waals surface area contributed by atoms with Gasteiger partial charge in [-0.25, -0.2) is 4.39 Å². The molecule has 3 aromatic carbocycles. The highest BCUT2D eigenvalue weighted by Gasteiger charge is 2.07. The number of amides is 2. The van der Waals surface area contributed by atoms with E-state index in [-0.39, 0.29) is 24.1 Å². The zero-order valence-corrected chi connectivity index (χ0v) is 16.4. The molecule has 0 atom stereocenters. The highest BCUT2D eigenvalue weighted by molar-refractivity contribution is 5.94. The molecule has 154 valence electrons. The molecule has 0 saturated heterocycles. The Morgan fingerprint density at radius 1 is 0.767 bits per heavy atom. The lowest BCUT2D eigenvalue weighted by Gasteiger charge is -2.09. The van der Waals surface area contributed by atoms with Gasteiger partial charge in [-0.1, -0.05) is 42.5 Å². The fraction of sp³-hybridized carbons (Fsp3) is 0.167. The number of hydrogen-bond acceptors (Lipinski definition) is 3. The standard InChI is InChI=1S/C24H23FN2O3/c25-21-10-6-18(7-11-21)16-23(28)26-14-15-27-24(29)20-8-12-22(13-9-20)30-17-19-4-2-1-3-5-19/h1-13H,14-17H2,(H,26,28)(H,27,29). The second kappa shape index (κ2) is 10.8. The van der Waals surface area contributed by atoms with Crippen molar-refractivity contribution < 1.29 is 18.7 Å². The summed E-state index contributed by atoms with van der Waals surface area (Å²) in [5, 5.41) is 5.49. The summed E-state index contributed by atoms with van der Waals surface area (Å²) in [5.74, 6) is -0.0608. The van der Waals surface area contributed by atoms with Gasteiger partial charge in [0.2, 0.25) is 5.91 Å². The maximum Gasteiger partial charge on any atom is 0.251 e. The smallest absolute Gasteiger partial charge is 0.251 e. The van der Waals surface area contributed by atoms with Crippen LogP contribution in [0.3, 0.4) is 0 Å². The third-order valence-electron chi connectivity index (χ3n) is 4.38. The number of rotatable bonds is 9. The average molecular weight is 406 g/mol. The van der Waals surface area contributed by atoms with Crippen molar-refractivity contribution in [2.24, 2.45) is 0 Å². The van der Waals surface area contributed by atoms with Crippen LogP contribution in [0.4, 0.5) is 4.39 Å². The molecule has 0 saturated carbocycles. The van der Waals surface area contributed by atoms with Gasteiger partial charge in [0.1, 0.15) is 18.2 Å². The Kier molecular flexibility index (Phi) is 7.55. The third-order valence-corrected chi connectivity index (χ3v) is 4.38. The van der Waals surface area contributed by atoms with Gasteiger partial charge < -0.3 is 15.4 Å². The zero-order valence-electron chi connectivity index (χ0n) is 16.4.